The molecule has 0 bridgehead atoms. The first kappa shape index (κ1) is 9.04. The Morgan fingerprint density at radius 3 is 2.60 bits per heavy atom. The zero-order valence-corrected chi connectivity index (χ0v) is 8.93. The minimum Gasteiger partial charge on any atom is -0.241 e. The van der Waals surface area contributed by atoms with Gasteiger partial charge in [0.2, 0.25) is 0 Å². The fraction of sp³-hybridized carbons (Fsp3) is 0.250. The van der Waals surface area contributed by atoms with Crippen LogP contribution in [0.4, 0.5) is 4.39 Å². The SMILES string of the molecule is Fc1ccc(-c2csc(C3CC3)n2)cc1. The van der Waals surface area contributed by atoms with Gasteiger partial charge in [-0.15, -0.1) is 11.3 Å². The summed E-state index contributed by atoms with van der Waals surface area (Å²) in [6, 6.07) is 6.51. The molecule has 0 unspecified atom stereocenters. The molecule has 0 N–H and O–H groups in total. The van der Waals surface area contributed by atoms with Crippen molar-refractivity contribution in [1.82, 2.24) is 4.98 Å². The van der Waals surface area contributed by atoms with Gasteiger partial charge in [-0.05, 0) is 37.1 Å². The van der Waals surface area contributed by atoms with Crippen LogP contribution in [0, 0.1) is 5.82 Å². The molecule has 3 heteroatoms. The quantitative estimate of drug-likeness (QED) is 0.748. The van der Waals surface area contributed by atoms with Crippen LogP contribution in [-0.4, -0.2) is 4.98 Å². The highest BCUT2D eigenvalue weighted by Gasteiger charge is 2.26. The van der Waals surface area contributed by atoms with Crippen LogP contribution >= 0.6 is 11.3 Å². The van der Waals surface area contributed by atoms with Gasteiger partial charge in [0, 0.05) is 16.9 Å². The van der Waals surface area contributed by atoms with Crippen molar-refractivity contribution in [2.24, 2.45) is 0 Å². The third-order valence-electron chi connectivity index (χ3n) is 2.59. The molecular formula is C12H10FNS. The van der Waals surface area contributed by atoms with Crippen molar-refractivity contribution in [2.75, 3.05) is 0 Å². The van der Waals surface area contributed by atoms with Crippen LogP contribution in [0.1, 0.15) is 23.8 Å². The molecule has 1 heterocycles. The summed E-state index contributed by atoms with van der Waals surface area (Å²) in [5.74, 6) is 0.501. The molecule has 1 nitrogen and oxygen atoms in total. The summed E-state index contributed by atoms with van der Waals surface area (Å²) in [6.45, 7) is 0. The van der Waals surface area contributed by atoms with Gasteiger partial charge >= 0.3 is 0 Å². The van der Waals surface area contributed by atoms with Crippen LogP contribution < -0.4 is 0 Å². The molecule has 0 aliphatic heterocycles. The van der Waals surface area contributed by atoms with E-state index < -0.39 is 0 Å². The fourth-order valence-electron chi connectivity index (χ4n) is 1.56. The number of nitrogens with zero attached hydrogens (tertiary/aromatic N) is 1. The molecule has 0 spiro atoms. The molecule has 15 heavy (non-hydrogen) atoms. The molecule has 76 valence electrons. The van der Waals surface area contributed by atoms with Gasteiger partial charge in [-0.2, -0.15) is 0 Å². The standard InChI is InChI=1S/C12H10FNS/c13-10-5-3-8(4-6-10)11-7-15-12(14-11)9-1-2-9/h3-7,9H,1-2H2. The number of rotatable bonds is 2. The van der Waals surface area contributed by atoms with Crippen molar-refractivity contribution in [3.8, 4) is 11.3 Å². The maximum atomic E-state index is 12.7. The minimum atomic E-state index is -0.198. The second kappa shape index (κ2) is 3.42. The smallest absolute Gasteiger partial charge is 0.123 e. The Bertz CT molecular complexity index is 471. The Labute approximate surface area is 91.6 Å². The van der Waals surface area contributed by atoms with Crippen LogP contribution in [0.15, 0.2) is 29.6 Å². The summed E-state index contributed by atoms with van der Waals surface area (Å²) >= 11 is 1.71. The van der Waals surface area contributed by atoms with Crippen LogP contribution in [0.3, 0.4) is 0 Å². The van der Waals surface area contributed by atoms with Gasteiger partial charge in [0.15, 0.2) is 0 Å². The highest BCUT2D eigenvalue weighted by atomic mass is 32.1. The molecule has 1 saturated carbocycles. The first-order chi connectivity index (χ1) is 7.33. The van der Waals surface area contributed by atoms with Gasteiger partial charge in [0.25, 0.3) is 0 Å². The molecule has 3 rings (SSSR count). The Balaban J connectivity index is 1.93. The van der Waals surface area contributed by atoms with E-state index in [2.05, 4.69) is 10.4 Å². The molecule has 0 amide bonds. The van der Waals surface area contributed by atoms with E-state index in [-0.39, 0.29) is 5.82 Å². The maximum Gasteiger partial charge on any atom is 0.123 e. The van der Waals surface area contributed by atoms with Crippen molar-refractivity contribution in [1.29, 1.82) is 0 Å². The van der Waals surface area contributed by atoms with Gasteiger partial charge in [0.05, 0.1) is 10.7 Å². The topological polar surface area (TPSA) is 12.9 Å². The average Bonchev–Trinajstić information content (AvgIpc) is 2.99. The van der Waals surface area contributed by atoms with Crippen LogP contribution in [0.5, 0.6) is 0 Å². The van der Waals surface area contributed by atoms with Crippen molar-refractivity contribution < 1.29 is 4.39 Å². The number of hydrogen-bond acceptors (Lipinski definition) is 2. The highest BCUT2D eigenvalue weighted by Crippen LogP contribution is 2.42. The Hall–Kier alpha value is -1.22. The van der Waals surface area contributed by atoms with E-state index in [0.717, 1.165) is 11.3 Å². The Kier molecular flexibility index (Phi) is 2.06. The lowest BCUT2D eigenvalue weighted by molar-refractivity contribution is 0.628. The predicted octanol–water partition coefficient (Wildman–Crippen LogP) is 3.83. The summed E-state index contributed by atoms with van der Waals surface area (Å²) < 4.78 is 12.7. The fourth-order valence-corrected chi connectivity index (χ4v) is 2.56. The number of hydrogen-bond donors (Lipinski definition) is 0. The summed E-state index contributed by atoms with van der Waals surface area (Å²) in [5.41, 5.74) is 1.97. The average molecular weight is 219 g/mol. The zero-order valence-electron chi connectivity index (χ0n) is 8.11. The van der Waals surface area contributed by atoms with Crippen molar-refractivity contribution >= 4 is 11.3 Å². The van der Waals surface area contributed by atoms with Crippen LogP contribution in [-0.2, 0) is 0 Å². The first-order valence-electron chi connectivity index (χ1n) is 5.04. The molecule has 1 aromatic carbocycles. The molecule has 0 radical (unpaired) electrons. The molecule has 2 aromatic rings. The zero-order chi connectivity index (χ0) is 10.3. The second-order valence-electron chi connectivity index (χ2n) is 3.85. The van der Waals surface area contributed by atoms with Crippen LogP contribution in [0.25, 0.3) is 11.3 Å². The van der Waals surface area contributed by atoms with Gasteiger partial charge < -0.3 is 0 Å². The van der Waals surface area contributed by atoms with E-state index in [1.54, 1.807) is 23.5 Å². The predicted molar refractivity (Wildman–Crippen MR) is 59.5 cm³/mol. The summed E-state index contributed by atoms with van der Waals surface area (Å²) in [5, 5.41) is 3.29. The summed E-state index contributed by atoms with van der Waals surface area (Å²) in [7, 11) is 0. The second-order valence-corrected chi connectivity index (χ2v) is 4.74. The molecular weight excluding hydrogens is 209 g/mol. The lowest BCUT2D eigenvalue weighted by Crippen LogP contribution is -1.80. The molecule has 0 saturated heterocycles. The van der Waals surface area contributed by atoms with E-state index in [0.29, 0.717) is 5.92 Å². The highest BCUT2D eigenvalue weighted by molar-refractivity contribution is 7.10. The Morgan fingerprint density at radius 1 is 1.20 bits per heavy atom. The third kappa shape index (κ3) is 1.79. The number of aromatic nitrogens is 1. The van der Waals surface area contributed by atoms with Crippen LogP contribution in [0.2, 0.25) is 0 Å². The summed E-state index contributed by atoms with van der Waals surface area (Å²) in [4.78, 5) is 4.57. The van der Waals surface area contributed by atoms with Crippen molar-refractivity contribution in [2.45, 2.75) is 18.8 Å². The molecule has 1 aliphatic carbocycles. The molecule has 0 atom stereocenters. The summed E-state index contributed by atoms with van der Waals surface area (Å²) in [6.07, 6.45) is 2.55. The lowest BCUT2D eigenvalue weighted by atomic mass is 10.2. The largest absolute Gasteiger partial charge is 0.241 e. The van der Waals surface area contributed by atoms with E-state index in [1.165, 1.54) is 30.0 Å². The Morgan fingerprint density at radius 2 is 1.93 bits per heavy atom. The lowest BCUT2D eigenvalue weighted by Gasteiger charge is -1.95. The number of benzene rings is 1. The monoisotopic (exact) mass is 219 g/mol. The van der Waals surface area contributed by atoms with Gasteiger partial charge in [0.1, 0.15) is 5.82 Å². The minimum absolute atomic E-state index is 0.198. The molecule has 1 aliphatic rings. The number of thiazole rings is 1. The first-order valence-corrected chi connectivity index (χ1v) is 5.92. The van der Waals surface area contributed by atoms with E-state index in [9.17, 15) is 4.39 Å². The van der Waals surface area contributed by atoms with Gasteiger partial charge in [-0.25, -0.2) is 9.37 Å². The normalized spacial score (nSPS) is 15.5. The van der Waals surface area contributed by atoms with Gasteiger partial charge in [-0.3, -0.25) is 0 Å². The number of halogens is 1. The maximum absolute atomic E-state index is 12.7. The van der Waals surface area contributed by atoms with E-state index in [1.807, 2.05) is 0 Å². The van der Waals surface area contributed by atoms with Gasteiger partial charge in [-0.1, -0.05) is 0 Å². The third-order valence-corrected chi connectivity index (χ3v) is 3.60. The molecule has 1 fully saturated rings. The van der Waals surface area contributed by atoms with E-state index >= 15 is 0 Å². The van der Waals surface area contributed by atoms with Crippen molar-refractivity contribution in [3.63, 3.8) is 0 Å². The van der Waals surface area contributed by atoms with E-state index in [4.69, 9.17) is 0 Å². The van der Waals surface area contributed by atoms with Crippen molar-refractivity contribution in [3.05, 3.63) is 40.5 Å². The molecule has 1 aromatic heterocycles.